The van der Waals surface area contributed by atoms with Crippen LogP contribution in [0.1, 0.15) is 39.8 Å². The summed E-state index contributed by atoms with van der Waals surface area (Å²) in [6.45, 7) is 8.06. The molecule has 3 heterocycles. The molecular weight excluding hydrogens is 376 g/mol. The van der Waals surface area contributed by atoms with Gasteiger partial charge in [-0.15, -0.1) is 0 Å². The number of hydrogen-bond acceptors (Lipinski definition) is 4. The number of imidazole rings is 1. The zero-order valence-corrected chi connectivity index (χ0v) is 18.1. The van der Waals surface area contributed by atoms with Crippen LogP contribution in [-0.2, 0) is 24.2 Å². The number of hydrogen-bond donors (Lipinski definition) is 0. The van der Waals surface area contributed by atoms with Gasteiger partial charge in [0.1, 0.15) is 5.65 Å². The summed E-state index contributed by atoms with van der Waals surface area (Å²) < 4.78 is 7.48. The fourth-order valence-corrected chi connectivity index (χ4v) is 4.00. The zero-order chi connectivity index (χ0) is 21.1. The molecule has 0 radical (unpaired) electrons. The molecule has 3 aromatic rings. The lowest BCUT2D eigenvalue weighted by Gasteiger charge is -2.26. The molecule has 2 aromatic heterocycles. The molecule has 1 aromatic carbocycles. The van der Waals surface area contributed by atoms with Crippen molar-refractivity contribution >= 4 is 11.6 Å². The van der Waals surface area contributed by atoms with Gasteiger partial charge in [-0.25, -0.2) is 4.98 Å². The van der Waals surface area contributed by atoms with Crippen molar-refractivity contribution in [1.82, 2.24) is 19.2 Å². The second-order valence-electron chi connectivity index (χ2n) is 8.04. The highest BCUT2D eigenvalue weighted by Gasteiger charge is 2.26. The van der Waals surface area contributed by atoms with E-state index in [1.54, 1.807) is 0 Å². The quantitative estimate of drug-likeness (QED) is 0.630. The maximum absolute atomic E-state index is 13.3. The minimum absolute atomic E-state index is 0.00269. The van der Waals surface area contributed by atoms with E-state index >= 15 is 0 Å². The van der Waals surface area contributed by atoms with Gasteiger partial charge in [-0.05, 0) is 43.1 Å². The third-order valence-corrected chi connectivity index (χ3v) is 5.75. The monoisotopic (exact) mass is 406 g/mol. The average molecular weight is 407 g/mol. The van der Waals surface area contributed by atoms with E-state index in [1.165, 1.54) is 11.1 Å². The van der Waals surface area contributed by atoms with Crippen molar-refractivity contribution in [1.29, 1.82) is 0 Å². The van der Waals surface area contributed by atoms with Gasteiger partial charge in [0.25, 0.3) is 5.91 Å². The summed E-state index contributed by atoms with van der Waals surface area (Å²) in [4.78, 5) is 22.2. The second kappa shape index (κ2) is 8.98. The van der Waals surface area contributed by atoms with Crippen LogP contribution in [0.25, 0.3) is 5.65 Å². The minimum atomic E-state index is -0.00269. The molecule has 6 nitrogen and oxygen atoms in total. The van der Waals surface area contributed by atoms with Gasteiger partial charge in [-0.3, -0.25) is 9.69 Å². The second-order valence-corrected chi connectivity index (χ2v) is 8.04. The predicted molar refractivity (Wildman–Crippen MR) is 118 cm³/mol. The van der Waals surface area contributed by atoms with E-state index in [1.807, 2.05) is 30.2 Å². The van der Waals surface area contributed by atoms with Crippen LogP contribution in [0.4, 0.5) is 0 Å². The van der Waals surface area contributed by atoms with Crippen molar-refractivity contribution < 1.29 is 9.53 Å². The molecule has 4 rings (SSSR count). The maximum atomic E-state index is 13.3. The van der Waals surface area contributed by atoms with Gasteiger partial charge in [0.15, 0.2) is 5.69 Å². The molecule has 0 bridgehead atoms. The Morgan fingerprint density at radius 2 is 1.80 bits per heavy atom. The number of rotatable bonds is 6. The van der Waals surface area contributed by atoms with Crippen molar-refractivity contribution in [3.63, 3.8) is 0 Å². The number of carbonyl (C=O) groups is 1. The van der Waals surface area contributed by atoms with Crippen LogP contribution in [0.2, 0.25) is 0 Å². The first kappa shape index (κ1) is 20.6. The number of aryl methyl sites for hydroxylation is 2. The molecular formula is C24H30N4O2. The summed E-state index contributed by atoms with van der Waals surface area (Å²) in [5.41, 5.74) is 6.03. The van der Waals surface area contributed by atoms with Crippen LogP contribution in [0.5, 0.6) is 0 Å². The Morgan fingerprint density at radius 1 is 1.10 bits per heavy atom. The number of morpholine rings is 1. The SMILES string of the molecule is CCc1ccc(CN(C)Cc2c(C(=O)N3CCOCC3)nc3c(C)cccn23)cc1. The maximum Gasteiger partial charge on any atom is 0.274 e. The van der Waals surface area contributed by atoms with Crippen LogP contribution in [0.3, 0.4) is 0 Å². The number of fused-ring (bicyclic) bond motifs is 1. The van der Waals surface area contributed by atoms with Crippen molar-refractivity contribution in [3.05, 3.63) is 70.7 Å². The molecule has 158 valence electrons. The molecule has 1 fully saturated rings. The fourth-order valence-electron chi connectivity index (χ4n) is 4.00. The van der Waals surface area contributed by atoms with Crippen LogP contribution >= 0.6 is 0 Å². The van der Waals surface area contributed by atoms with E-state index in [-0.39, 0.29) is 5.91 Å². The number of ether oxygens (including phenoxy) is 1. The van der Waals surface area contributed by atoms with E-state index in [2.05, 4.69) is 47.5 Å². The third kappa shape index (κ3) is 4.25. The first-order valence-electron chi connectivity index (χ1n) is 10.7. The molecule has 1 aliphatic rings. The Kier molecular flexibility index (Phi) is 6.16. The number of nitrogens with zero attached hydrogens (tertiary/aromatic N) is 4. The highest BCUT2D eigenvalue weighted by Crippen LogP contribution is 2.20. The number of benzene rings is 1. The molecule has 0 N–H and O–H groups in total. The van der Waals surface area contributed by atoms with Crippen LogP contribution in [0, 0.1) is 6.92 Å². The Bertz CT molecular complexity index is 1020. The van der Waals surface area contributed by atoms with Gasteiger partial charge in [0, 0.05) is 32.4 Å². The summed E-state index contributed by atoms with van der Waals surface area (Å²) in [6.07, 6.45) is 3.05. The van der Waals surface area contributed by atoms with Gasteiger partial charge < -0.3 is 14.0 Å². The lowest BCUT2D eigenvalue weighted by molar-refractivity contribution is 0.0298. The van der Waals surface area contributed by atoms with E-state index in [9.17, 15) is 4.79 Å². The van der Waals surface area contributed by atoms with Gasteiger partial charge >= 0.3 is 0 Å². The van der Waals surface area contributed by atoms with Crippen molar-refractivity contribution in [2.75, 3.05) is 33.4 Å². The Balaban J connectivity index is 1.62. The normalized spacial score (nSPS) is 14.6. The van der Waals surface area contributed by atoms with Crippen LogP contribution in [0.15, 0.2) is 42.6 Å². The largest absolute Gasteiger partial charge is 0.378 e. The molecule has 0 aliphatic carbocycles. The topological polar surface area (TPSA) is 50.1 Å². The summed E-state index contributed by atoms with van der Waals surface area (Å²) in [5.74, 6) is -0.00269. The van der Waals surface area contributed by atoms with Gasteiger partial charge in [0.2, 0.25) is 0 Å². The van der Waals surface area contributed by atoms with E-state index in [4.69, 9.17) is 9.72 Å². The van der Waals surface area contributed by atoms with E-state index in [0.29, 0.717) is 38.5 Å². The summed E-state index contributed by atoms with van der Waals surface area (Å²) in [6, 6.07) is 12.8. The molecule has 0 spiro atoms. The molecule has 1 amide bonds. The lowest BCUT2D eigenvalue weighted by atomic mass is 10.1. The molecule has 0 unspecified atom stereocenters. The van der Waals surface area contributed by atoms with Crippen molar-refractivity contribution in [3.8, 4) is 0 Å². The molecule has 30 heavy (non-hydrogen) atoms. The van der Waals surface area contributed by atoms with E-state index < -0.39 is 0 Å². The summed E-state index contributed by atoms with van der Waals surface area (Å²) in [7, 11) is 2.09. The summed E-state index contributed by atoms with van der Waals surface area (Å²) in [5, 5.41) is 0. The van der Waals surface area contributed by atoms with Crippen LogP contribution < -0.4 is 0 Å². The Hall–Kier alpha value is -2.70. The van der Waals surface area contributed by atoms with Gasteiger partial charge in [-0.2, -0.15) is 0 Å². The smallest absolute Gasteiger partial charge is 0.274 e. The summed E-state index contributed by atoms with van der Waals surface area (Å²) >= 11 is 0. The first-order chi connectivity index (χ1) is 14.6. The molecule has 1 saturated heterocycles. The number of aromatic nitrogens is 2. The average Bonchev–Trinajstić information content (AvgIpc) is 3.14. The highest BCUT2D eigenvalue weighted by atomic mass is 16.5. The van der Waals surface area contributed by atoms with Gasteiger partial charge in [0.05, 0.1) is 18.9 Å². The fraction of sp³-hybridized carbons (Fsp3) is 0.417. The lowest BCUT2D eigenvalue weighted by Crippen LogP contribution is -2.41. The van der Waals surface area contributed by atoms with Crippen molar-refractivity contribution in [2.24, 2.45) is 0 Å². The minimum Gasteiger partial charge on any atom is -0.378 e. The molecule has 1 aliphatic heterocycles. The molecule has 0 atom stereocenters. The predicted octanol–water partition coefficient (Wildman–Crippen LogP) is 3.31. The number of amides is 1. The molecule has 6 heteroatoms. The highest BCUT2D eigenvalue weighted by molar-refractivity contribution is 5.94. The standard InChI is InChI=1S/C24H30N4O2/c1-4-19-7-9-20(10-8-19)16-26(3)17-21-22(24(29)27-12-14-30-15-13-27)25-23-18(2)6-5-11-28(21)23/h5-11H,4,12-17H2,1-3H3. The molecule has 0 saturated carbocycles. The van der Waals surface area contributed by atoms with Crippen LogP contribution in [-0.4, -0.2) is 58.4 Å². The third-order valence-electron chi connectivity index (χ3n) is 5.75. The zero-order valence-electron chi connectivity index (χ0n) is 18.1. The first-order valence-corrected chi connectivity index (χ1v) is 10.7. The number of pyridine rings is 1. The Morgan fingerprint density at radius 3 is 2.50 bits per heavy atom. The Labute approximate surface area is 178 Å². The van der Waals surface area contributed by atoms with Crippen molar-refractivity contribution in [2.45, 2.75) is 33.4 Å². The van der Waals surface area contributed by atoms with E-state index in [0.717, 1.165) is 29.9 Å². The number of carbonyl (C=O) groups excluding carboxylic acids is 1. The van der Waals surface area contributed by atoms with Gasteiger partial charge in [-0.1, -0.05) is 37.3 Å².